The number of rotatable bonds is 3. The molecular formula is C16H8ClF4N3O2. The highest BCUT2D eigenvalue weighted by molar-refractivity contribution is 6.31. The summed E-state index contributed by atoms with van der Waals surface area (Å²) in [6.45, 7) is 0. The van der Waals surface area contributed by atoms with Crippen molar-refractivity contribution < 1.29 is 22.3 Å². The molecule has 5 nitrogen and oxygen atoms in total. The van der Waals surface area contributed by atoms with Crippen molar-refractivity contribution in [1.29, 1.82) is 0 Å². The maximum atomic E-state index is 12.9. The Kier molecular flexibility index (Phi) is 4.64. The predicted molar refractivity (Wildman–Crippen MR) is 84.1 cm³/mol. The molecule has 2 heterocycles. The molecule has 0 aliphatic carbocycles. The molecule has 2 aromatic heterocycles. The molecule has 0 radical (unpaired) electrons. The molecule has 1 aromatic carbocycles. The second kappa shape index (κ2) is 6.75. The molecule has 0 aliphatic heterocycles. The lowest BCUT2D eigenvalue weighted by Crippen LogP contribution is -2.22. The lowest BCUT2D eigenvalue weighted by Gasteiger charge is -2.10. The van der Waals surface area contributed by atoms with Crippen molar-refractivity contribution in [2.75, 3.05) is 0 Å². The molecule has 0 fully saturated rings. The van der Waals surface area contributed by atoms with Crippen LogP contribution in [0.5, 0.6) is 11.5 Å². The lowest BCUT2D eigenvalue weighted by molar-refractivity contribution is -0.137. The topological polar surface area (TPSA) is 57.0 Å². The first-order chi connectivity index (χ1) is 12.3. The SMILES string of the molecule is O=c1c(Cl)c(Oc2ccc(F)cc2)cnn1-c1ccc(C(F)(F)F)cn1. The Morgan fingerprint density at radius 2 is 1.73 bits per heavy atom. The summed E-state index contributed by atoms with van der Waals surface area (Å²) in [7, 11) is 0. The number of hydrogen-bond acceptors (Lipinski definition) is 4. The Morgan fingerprint density at radius 1 is 1.04 bits per heavy atom. The highest BCUT2D eigenvalue weighted by atomic mass is 35.5. The third-order valence-corrected chi connectivity index (χ3v) is 3.57. The van der Waals surface area contributed by atoms with Gasteiger partial charge in [-0.2, -0.15) is 23.0 Å². The molecule has 26 heavy (non-hydrogen) atoms. The number of nitrogens with zero attached hydrogens (tertiary/aromatic N) is 3. The van der Waals surface area contributed by atoms with Crippen molar-refractivity contribution in [3.05, 3.63) is 75.5 Å². The van der Waals surface area contributed by atoms with Gasteiger partial charge in [0, 0.05) is 6.20 Å². The molecule has 0 spiro atoms. The molecule has 3 rings (SSSR count). The van der Waals surface area contributed by atoms with E-state index in [-0.39, 0.29) is 22.3 Å². The van der Waals surface area contributed by atoms with E-state index in [1.54, 1.807) is 0 Å². The van der Waals surface area contributed by atoms with Crippen molar-refractivity contribution in [3.63, 3.8) is 0 Å². The van der Waals surface area contributed by atoms with Gasteiger partial charge in [0.1, 0.15) is 11.6 Å². The summed E-state index contributed by atoms with van der Waals surface area (Å²) in [5.74, 6) is -0.477. The molecule has 0 saturated carbocycles. The van der Waals surface area contributed by atoms with E-state index in [0.717, 1.165) is 35.1 Å². The van der Waals surface area contributed by atoms with Gasteiger partial charge in [-0.1, -0.05) is 11.6 Å². The molecule has 0 amide bonds. The first-order valence-corrected chi connectivity index (χ1v) is 7.38. The zero-order valence-corrected chi connectivity index (χ0v) is 13.4. The van der Waals surface area contributed by atoms with E-state index in [1.807, 2.05) is 0 Å². The zero-order valence-electron chi connectivity index (χ0n) is 12.7. The van der Waals surface area contributed by atoms with Crippen molar-refractivity contribution >= 4 is 11.6 Å². The highest BCUT2D eigenvalue weighted by Crippen LogP contribution is 2.29. The van der Waals surface area contributed by atoms with Gasteiger partial charge in [-0.15, -0.1) is 0 Å². The van der Waals surface area contributed by atoms with E-state index in [0.29, 0.717) is 6.20 Å². The minimum atomic E-state index is -4.55. The van der Waals surface area contributed by atoms with Crippen LogP contribution in [0.15, 0.2) is 53.6 Å². The highest BCUT2D eigenvalue weighted by Gasteiger charge is 2.30. The average molecular weight is 386 g/mol. The third kappa shape index (κ3) is 3.67. The van der Waals surface area contributed by atoms with E-state index in [9.17, 15) is 22.4 Å². The fourth-order valence-electron chi connectivity index (χ4n) is 1.96. The van der Waals surface area contributed by atoms with Crippen LogP contribution in [0, 0.1) is 5.82 Å². The molecule has 3 aromatic rings. The number of aromatic nitrogens is 3. The minimum Gasteiger partial charge on any atom is -0.454 e. The van der Waals surface area contributed by atoms with Crippen LogP contribution >= 0.6 is 11.6 Å². The Labute approximate surface area is 148 Å². The first kappa shape index (κ1) is 17.9. The fourth-order valence-corrected chi connectivity index (χ4v) is 2.13. The second-order valence-electron chi connectivity index (χ2n) is 5.00. The number of halogens is 5. The smallest absolute Gasteiger partial charge is 0.417 e. The number of ether oxygens (including phenoxy) is 1. The maximum Gasteiger partial charge on any atom is 0.417 e. The Morgan fingerprint density at radius 3 is 2.31 bits per heavy atom. The van der Waals surface area contributed by atoms with Crippen LogP contribution in [-0.4, -0.2) is 14.8 Å². The second-order valence-corrected chi connectivity index (χ2v) is 5.38. The quantitative estimate of drug-likeness (QED) is 0.633. The van der Waals surface area contributed by atoms with E-state index in [4.69, 9.17) is 16.3 Å². The first-order valence-electron chi connectivity index (χ1n) is 7.00. The molecule has 0 bridgehead atoms. The summed E-state index contributed by atoms with van der Waals surface area (Å²) in [6.07, 6.45) is -2.86. The van der Waals surface area contributed by atoms with Gasteiger partial charge >= 0.3 is 6.18 Å². The molecule has 134 valence electrons. The van der Waals surface area contributed by atoms with Crippen LogP contribution in [0.4, 0.5) is 17.6 Å². The minimum absolute atomic E-state index is 0.0913. The van der Waals surface area contributed by atoms with Gasteiger partial charge in [0.05, 0.1) is 11.8 Å². The van der Waals surface area contributed by atoms with Crippen LogP contribution < -0.4 is 10.3 Å². The van der Waals surface area contributed by atoms with Crippen molar-refractivity contribution in [1.82, 2.24) is 14.8 Å². The van der Waals surface area contributed by atoms with Gasteiger partial charge in [0.15, 0.2) is 16.6 Å². The van der Waals surface area contributed by atoms with Crippen LogP contribution in [0.3, 0.4) is 0 Å². The van der Waals surface area contributed by atoms with Gasteiger partial charge in [0.25, 0.3) is 5.56 Å². The number of benzene rings is 1. The number of hydrogen-bond donors (Lipinski definition) is 0. The van der Waals surface area contributed by atoms with Gasteiger partial charge < -0.3 is 4.74 Å². The number of alkyl halides is 3. The summed E-state index contributed by atoms with van der Waals surface area (Å²) < 4.78 is 56.7. The zero-order chi connectivity index (χ0) is 18.9. The van der Waals surface area contributed by atoms with Crippen LogP contribution in [0.2, 0.25) is 5.02 Å². The predicted octanol–water partition coefficient (Wildman–Crippen LogP) is 4.23. The third-order valence-electron chi connectivity index (χ3n) is 3.22. The molecule has 0 unspecified atom stereocenters. The molecule has 0 atom stereocenters. The average Bonchev–Trinajstić information content (AvgIpc) is 2.60. The lowest BCUT2D eigenvalue weighted by atomic mass is 10.3. The molecule has 10 heteroatoms. The van der Waals surface area contributed by atoms with Gasteiger partial charge in [-0.3, -0.25) is 4.79 Å². The molecule has 0 saturated heterocycles. The summed E-state index contributed by atoms with van der Waals surface area (Å²) in [5.41, 5.74) is -1.80. The van der Waals surface area contributed by atoms with Crippen molar-refractivity contribution in [2.24, 2.45) is 0 Å². The monoisotopic (exact) mass is 385 g/mol. The summed E-state index contributed by atoms with van der Waals surface area (Å²) in [5, 5.41) is 3.44. The number of pyridine rings is 1. The Bertz CT molecular complexity index is 986. The molecular weight excluding hydrogens is 378 g/mol. The largest absolute Gasteiger partial charge is 0.454 e. The van der Waals surface area contributed by atoms with Crippen molar-refractivity contribution in [3.8, 4) is 17.3 Å². The van der Waals surface area contributed by atoms with Gasteiger partial charge in [-0.25, -0.2) is 9.37 Å². The van der Waals surface area contributed by atoms with Crippen LogP contribution in [-0.2, 0) is 6.18 Å². The van der Waals surface area contributed by atoms with Crippen LogP contribution in [0.1, 0.15) is 5.56 Å². The van der Waals surface area contributed by atoms with E-state index < -0.39 is 23.1 Å². The fraction of sp³-hybridized carbons (Fsp3) is 0.0625. The summed E-state index contributed by atoms with van der Waals surface area (Å²) in [6, 6.07) is 6.73. The standard InChI is InChI=1S/C16H8ClF4N3O2/c17-14-12(26-11-4-2-10(18)3-5-11)8-23-24(15(14)25)13-6-1-9(7-22-13)16(19,20)21/h1-8H. The van der Waals surface area contributed by atoms with E-state index >= 15 is 0 Å². The van der Waals surface area contributed by atoms with Crippen LogP contribution in [0.25, 0.3) is 5.82 Å². The van der Waals surface area contributed by atoms with Crippen molar-refractivity contribution in [2.45, 2.75) is 6.18 Å². The van der Waals surface area contributed by atoms with E-state index in [2.05, 4.69) is 10.1 Å². The van der Waals surface area contributed by atoms with Gasteiger partial charge in [0.2, 0.25) is 0 Å². The summed E-state index contributed by atoms with van der Waals surface area (Å²) >= 11 is 5.95. The van der Waals surface area contributed by atoms with Gasteiger partial charge in [-0.05, 0) is 36.4 Å². The van der Waals surface area contributed by atoms with E-state index in [1.165, 1.54) is 12.1 Å². The normalized spacial score (nSPS) is 11.4. The molecule has 0 N–H and O–H groups in total. The Balaban J connectivity index is 1.92. The summed E-state index contributed by atoms with van der Waals surface area (Å²) in [4.78, 5) is 15.9. The Hall–Kier alpha value is -2.94. The maximum absolute atomic E-state index is 12.9. The molecule has 0 aliphatic rings.